The Hall–Kier alpha value is -2.89. The summed E-state index contributed by atoms with van der Waals surface area (Å²) in [7, 11) is 0. The van der Waals surface area contributed by atoms with Crippen molar-refractivity contribution >= 4 is 38.5 Å². The molecule has 1 N–H and O–H groups in total. The van der Waals surface area contributed by atoms with Crippen LogP contribution in [0.25, 0.3) is 16.8 Å². The Labute approximate surface area is 166 Å². The van der Waals surface area contributed by atoms with Gasteiger partial charge in [0.05, 0.1) is 11.4 Å². The van der Waals surface area contributed by atoms with Crippen LogP contribution in [0.5, 0.6) is 11.5 Å². The van der Waals surface area contributed by atoms with Gasteiger partial charge in [-0.3, -0.25) is 0 Å². The Bertz CT molecular complexity index is 1090. The number of benzene rings is 2. The molecular formula is C19H11BrFN3O2S. The van der Waals surface area contributed by atoms with E-state index in [4.69, 9.17) is 9.47 Å². The van der Waals surface area contributed by atoms with Crippen molar-refractivity contribution in [3.8, 4) is 28.8 Å². The molecule has 0 aliphatic carbocycles. The summed E-state index contributed by atoms with van der Waals surface area (Å²) in [4.78, 5) is 4.52. The zero-order valence-corrected chi connectivity index (χ0v) is 16.1. The number of nitriles is 1. The van der Waals surface area contributed by atoms with Gasteiger partial charge in [-0.1, -0.05) is 15.9 Å². The van der Waals surface area contributed by atoms with Crippen molar-refractivity contribution < 1.29 is 13.9 Å². The molecule has 3 aromatic rings. The fraction of sp³-hybridized carbons (Fsp3) is 0.0526. The van der Waals surface area contributed by atoms with Crippen molar-refractivity contribution in [1.29, 1.82) is 5.26 Å². The van der Waals surface area contributed by atoms with E-state index in [0.29, 0.717) is 26.6 Å². The van der Waals surface area contributed by atoms with Gasteiger partial charge in [-0.25, -0.2) is 9.37 Å². The normalized spacial score (nSPS) is 12.7. The fourth-order valence-corrected chi connectivity index (χ4v) is 3.61. The third-order valence-corrected chi connectivity index (χ3v) is 5.20. The Morgan fingerprint density at radius 1 is 1.26 bits per heavy atom. The van der Waals surface area contributed by atoms with E-state index in [1.54, 1.807) is 12.1 Å². The van der Waals surface area contributed by atoms with E-state index in [0.717, 1.165) is 11.3 Å². The molecule has 0 unspecified atom stereocenters. The lowest BCUT2D eigenvalue weighted by molar-refractivity contribution is 0.174. The average Bonchev–Trinajstić information content (AvgIpc) is 3.32. The van der Waals surface area contributed by atoms with Gasteiger partial charge in [-0.2, -0.15) is 5.26 Å². The minimum absolute atomic E-state index is 0.209. The first kappa shape index (κ1) is 17.5. The minimum atomic E-state index is -0.418. The molecule has 4 rings (SSSR count). The highest BCUT2D eigenvalue weighted by Gasteiger charge is 2.16. The number of anilines is 1. The van der Waals surface area contributed by atoms with E-state index in [9.17, 15) is 9.65 Å². The van der Waals surface area contributed by atoms with Gasteiger partial charge in [-0.15, -0.1) is 11.3 Å². The summed E-state index contributed by atoms with van der Waals surface area (Å²) in [6, 6.07) is 12.3. The first-order valence-corrected chi connectivity index (χ1v) is 9.49. The molecule has 5 nitrogen and oxygen atoms in total. The average molecular weight is 444 g/mol. The van der Waals surface area contributed by atoms with Gasteiger partial charge < -0.3 is 14.8 Å². The smallest absolute Gasteiger partial charge is 0.231 e. The first-order valence-electron chi connectivity index (χ1n) is 7.82. The van der Waals surface area contributed by atoms with E-state index in [-0.39, 0.29) is 12.5 Å². The lowest BCUT2D eigenvalue weighted by atomic mass is 10.1. The number of rotatable bonds is 4. The van der Waals surface area contributed by atoms with Crippen LogP contribution in [0.1, 0.15) is 5.01 Å². The second kappa shape index (κ2) is 7.39. The molecule has 8 heteroatoms. The molecule has 0 atom stereocenters. The number of ether oxygens (including phenoxy) is 2. The number of aromatic nitrogens is 1. The van der Waals surface area contributed by atoms with Gasteiger partial charge >= 0.3 is 0 Å². The van der Waals surface area contributed by atoms with Crippen LogP contribution in [0.4, 0.5) is 10.1 Å². The van der Waals surface area contributed by atoms with E-state index in [2.05, 4.69) is 32.3 Å². The van der Waals surface area contributed by atoms with Gasteiger partial charge in [0.1, 0.15) is 22.5 Å². The van der Waals surface area contributed by atoms with Crippen LogP contribution in [0.2, 0.25) is 0 Å². The molecule has 0 bridgehead atoms. The highest BCUT2D eigenvalue weighted by Crippen LogP contribution is 2.36. The molecule has 0 saturated carbocycles. The van der Waals surface area contributed by atoms with Crippen LogP contribution in [0.3, 0.4) is 0 Å². The monoisotopic (exact) mass is 443 g/mol. The van der Waals surface area contributed by atoms with E-state index in [1.165, 1.54) is 23.6 Å². The highest BCUT2D eigenvalue weighted by atomic mass is 79.9. The largest absolute Gasteiger partial charge is 0.454 e. The number of hydrogen-bond donors (Lipinski definition) is 1. The summed E-state index contributed by atoms with van der Waals surface area (Å²) in [5, 5.41) is 14.7. The summed E-state index contributed by atoms with van der Waals surface area (Å²) in [5.41, 5.74) is 2.18. The summed E-state index contributed by atoms with van der Waals surface area (Å²) in [5.74, 6) is 0.955. The van der Waals surface area contributed by atoms with Crippen molar-refractivity contribution in [3.63, 3.8) is 0 Å². The van der Waals surface area contributed by atoms with Gasteiger partial charge in [0, 0.05) is 21.6 Å². The van der Waals surface area contributed by atoms with Gasteiger partial charge in [0.15, 0.2) is 11.5 Å². The summed E-state index contributed by atoms with van der Waals surface area (Å²) in [6.45, 7) is 0.209. The molecule has 0 fully saturated rings. The first-order chi connectivity index (χ1) is 13.1. The highest BCUT2D eigenvalue weighted by molar-refractivity contribution is 9.10. The molecule has 0 radical (unpaired) electrons. The molecule has 1 aliphatic rings. The van der Waals surface area contributed by atoms with Crippen molar-refractivity contribution in [2.75, 3.05) is 12.1 Å². The zero-order chi connectivity index (χ0) is 18.8. The minimum Gasteiger partial charge on any atom is -0.454 e. The molecule has 27 heavy (non-hydrogen) atoms. The van der Waals surface area contributed by atoms with Crippen molar-refractivity contribution in [1.82, 2.24) is 4.98 Å². The van der Waals surface area contributed by atoms with Gasteiger partial charge in [0.2, 0.25) is 6.79 Å². The lowest BCUT2D eigenvalue weighted by Crippen LogP contribution is -1.94. The number of nitrogens with one attached hydrogen (secondary N) is 1. The van der Waals surface area contributed by atoms with Crippen molar-refractivity contribution in [2.24, 2.45) is 0 Å². The maximum Gasteiger partial charge on any atom is 0.231 e. The molecule has 1 aliphatic heterocycles. The second-order valence-electron chi connectivity index (χ2n) is 5.54. The Kier molecular flexibility index (Phi) is 4.79. The molecular weight excluding hydrogens is 433 g/mol. The summed E-state index contributed by atoms with van der Waals surface area (Å²) < 4.78 is 25.2. The van der Waals surface area contributed by atoms with E-state index >= 15 is 0 Å². The van der Waals surface area contributed by atoms with Crippen LogP contribution >= 0.6 is 27.3 Å². The molecule has 0 amide bonds. The van der Waals surface area contributed by atoms with Crippen molar-refractivity contribution in [2.45, 2.75) is 0 Å². The van der Waals surface area contributed by atoms with Crippen LogP contribution < -0.4 is 14.8 Å². The zero-order valence-electron chi connectivity index (χ0n) is 13.7. The van der Waals surface area contributed by atoms with Crippen LogP contribution in [-0.2, 0) is 0 Å². The Balaban J connectivity index is 1.58. The number of allylic oxidation sites excluding steroid dienone is 1. The van der Waals surface area contributed by atoms with Crippen molar-refractivity contribution in [3.05, 3.63) is 63.3 Å². The van der Waals surface area contributed by atoms with Gasteiger partial charge in [-0.05, 0) is 36.4 Å². The number of halogens is 2. The SMILES string of the molecule is N#CC(=CNc1ccc(Br)cc1F)c1nc(-c2ccc3c(c2)OCO3)cs1. The molecule has 0 saturated heterocycles. The number of fused-ring (bicyclic) bond motifs is 1. The lowest BCUT2D eigenvalue weighted by Gasteiger charge is -2.03. The summed E-state index contributed by atoms with van der Waals surface area (Å²) in [6.07, 6.45) is 1.45. The Morgan fingerprint density at radius 2 is 2.11 bits per heavy atom. The van der Waals surface area contributed by atoms with Gasteiger partial charge in [0.25, 0.3) is 0 Å². The maximum atomic E-state index is 13.9. The quantitative estimate of drug-likeness (QED) is 0.545. The third-order valence-electron chi connectivity index (χ3n) is 3.83. The predicted molar refractivity (Wildman–Crippen MR) is 105 cm³/mol. The standard InChI is InChI=1S/C19H11BrFN3O2S/c20-13-2-3-15(14(21)6-13)23-8-12(7-22)19-24-16(9-27-19)11-1-4-17-18(5-11)26-10-25-17/h1-6,8-9,23H,10H2. The third kappa shape index (κ3) is 3.65. The number of thiazole rings is 1. The molecule has 134 valence electrons. The van der Waals surface area contributed by atoms with E-state index < -0.39 is 5.82 Å². The number of nitrogens with zero attached hydrogens (tertiary/aromatic N) is 2. The summed E-state index contributed by atoms with van der Waals surface area (Å²) >= 11 is 4.55. The molecule has 2 aromatic carbocycles. The fourth-order valence-electron chi connectivity index (χ4n) is 2.48. The Morgan fingerprint density at radius 3 is 2.93 bits per heavy atom. The number of hydrogen-bond acceptors (Lipinski definition) is 6. The van der Waals surface area contributed by atoms with E-state index in [1.807, 2.05) is 23.6 Å². The topological polar surface area (TPSA) is 67.2 Å². The maximum absolute atomic E-state index is 13.9. The second-order valence-corrected chi connectivity index (χ2v) is 7.32. The van der Waals surface area contributed by atoms with Crippen LogP contribution in [-0.4, -0.2) is 11.8 Å². The van der Waals surface area contributed by atoms with Crippen LogP contribution in [0, 0.1) is 17.1 Å². The molecule has 1 aromatic heterocycles. The van der Waals surface area contributed by atoms with Crippen LogP contribution in [0.15, 0.2) is 52.5 Å². The molecule has 2 heterocycles. The predicted octanol–water partition coefficient (Wildman–Crippen LogP) is 5.42. The molecule has 0 spiro atoms.